The molecule has 1 saturated carbocycles. The summed E-state index contributed by atoms with van der Waals surface area (Å²) in [6, 6.07) is 0.878. The van der Waals surface area contributed by atoms with Gasteiger partial charge in [-0.25, -0.2) is 0 Å². The van der Waals surface area contributed by atoms with Crippen molar-refractivity contribution in [1.82, 2.24) is 4.90 Å². The average Bonchev–Trinajstić information content (AvgIpc) is 2.75. The molecule has 1 atom stereocenters. The molecule has 1 unspecified atom stereocenters. The van der Waals surface area contributed by atoms with E-state index in [-0.39, 0.29) is 11.4 Å². The van der Waals surface area contributed by atoms with Gasteiger partial charge < -0.3 is 11.5 Å². The molecule has 1 aliphatic carbocycles. The molecule has 1 heterocycles. The predicted molar refractivity (Wildman–Crippen MR) is 68.4 cm³/mol. The van der Waals surface area contributed by atoms with Gasteiger partial charge in [0, 0.05) is 12.1 Å². The van der Waals surface area contributed by atoms with Crippen LogP contribution in [0.1, 0.15) is 51.9 Å². The minimum atomic E-state index is -0.369. The fourth-order valence-electron chi connectivity index (χ4n) is 3.66. The largest absolute Gasteiger partial charge is 0.368 e. The number of nitrogens with two attached hydrogens (primary N) is 2. The Kier molecular flexibility index (Phi) is 3.73. The number of rotatable bonds is 3. The molecule has 98 valence electrons. The zero-order valence-corrected chi connectivity index (χ0v) is 10.8. The lowest BCUT2D eigenvalue weighted by atomic mass is 9.85. The summed E-state index contributed by atoms with van der Waals surface area (Å²) >= 11 is 0. The van der Waals surface area contributed by atoms with E-state index in [1.165, 1.54) is 0 Å². The molecule has 17 heavy (non-hydrogen) atoms. The molecule has 2 aliphatic rings. The molecule has 0 radical (unpaired) electrons. The summed E-state index contributed by atoms with van der Waals surface area (Å²) in [6.07, 6.45) is 7.28. The van der Waals surface area contributed by atoms with Gasteiger partial charge in [-0.05, 0) is 51.5 Å². The number of hydrogen-bond donors (Lipinski definition) is 2. The van der Waals surface area contributed by atoms with E-state index in [1.807, 2.05) is 0 Å². The summed E-state index contributed by atoms with van der Waals surface area (Å²) in [5, 5.41) is 0. The second-order valence-electron chi connectivity index (χ2n) is 5.61. The van der Waals surface area contributed by atoms with Gasteiger partial charge in [-0.3, -0.25) is 9.69 Å². The third-order valence-electron chi connectivity index (χ3n) is 4.76. The SMILES string of the molecule is CCC1(C(N)=O)CCCN1C1CCC(N)CC1. The quantitative estimate of drug-likeness (QED) is 0.771. The average molecular weight is 239 g/mol. The van der Waals surface area contributed by atoms with E-state index >= 15 is 0 Å². The van der Waals surface area contributed by atoms with Crippen LogP contribution in [0, 0.1) is 0 Å². The number of primary amides is 1. The van der Waals surface area contributed by atoms with Crippen LogP contribution in [0.25, 0.3) is 0 Å². The van der Waals surface area contributed by atoms with Gasteiger partial charge in [0.15, 0.2) is 0 Å². The Morgan fingerprint density at radius 1 is 1.35 bits per heavy atom. The lowest BCUT2D eigenvalue weighted by molar-refractivity contribution is -0.130. The zero-order chi connectivity index (χ0) is 12.5. The highest BCUT2D eigenvalue weighted by molar-refractivity contribution is 5.85. The van der Waals surface area contributed by atoms with Gasteiger partial charge in [0.1, 0.15) is 5.54 Å². The van der Waals surface area contributed by atoms with Crippen LogP contribution in [0.5, 0.6) is 0 Å². The third-order valence-corrected chi connectivity index (χ3v) is 4.76. The Morgan fingerprint density at radius 3 is 2.53 bits per heavy atom. The summed E-state index contributed by atoms with van der Waals surface area (Å²) in [5.74, 6) is -0.132. The molecule has 2 fully saturated rings. The molecule has 1 aliphatic heterocycles. The third kappa shape index (κ3) is 2.20. The highest BCUT2D eigenvalue weighted by Gasteiger charge is 2.47. The molecule has 0 spiro atoms. The predicted octanol–water partition coefficient (Wildman–Crippen LogP) is 0.986. The Balaban J connectivity index is 2.11. The number of carbonyl (C=O) groups excluding carboxylic acids is 1. The van der Waals surface area contributed by atoms with Crippen molar-refractivity contribution in [1.29, 1.82) is 0 Å². The first-order chi connectivity index (χ1) is 8.10. The molecule has 2 rings (SSSR count). The smallest absolute Gasteiger partial charge is 0.237 e. The van der Waals surface area contributed by atoms with E-state index in [1.54, 1.807) is 0 Å². The normalized spacial score (nSPS) is 39.4. The van der Waals surface area contributed by atoms with Gasteiger partial charge >= 0.3 is 0 Å². The molecule has 4 N–H and O–H groups in total. The molecule has 1 amide bonds. The van der Waals surface area contributed by atoms with Crippen LogP contribution in [0.4, 0.5) is 0 Å². The first kappa shape index (κ1) is 12.8. The lowest BCUT2D eigenvalue weighted by Gasteiger charge is -2.43. The zero-order valence-electron chi connectivity index (χ0n) is 10.8. The van der Waals surface area contributed by atoms with E-state index in [2.05, 4.69) is 11.8 Å². The van der Waals surface area contributed by atoms with E-state index in [4.69, 9.17) is 11.5 Å². The van der Waals surface area contributed by atoms with E-state index in [0.29, 0.717) is 12.1 Å². The lowest BCUT2D eigenvalue weighted by Crippen LogP contribution is -2.57. The van der Waals surface area contributed by atoms with Crippen LogP contribution in [-0.2, 0) is 4.79 Å². The van der Waals surface area contributed by atoms with Gasteiger partial charge in [-0.2, -0.15) is 0 Å². The first-order valence-corrected chi connectivity index (χ1v) is 6.92. The summed E-state index contributed by atoms with van der Waals surface area (Å²) in [6.45, 7) is 3.11. The van der Waals surface area contributed by atoms with E-state index in [9.17, 15) is 4.79 Å². The highest BCUT2D eigenvalue weighted by atomic mass is 16.1. The van der Waals surface area contributed by atoms with Crippen LogP contribution in [0.2, 0.25) is 0 Å². The van der Waals surface area contributed by atoms with Crippen LogP contribution in [0.3, 0.4) is 0 Å². The summed E-state index contributed by atoms with van der Waals surface area (Å²) in [7, 11) is 0. The van der Waals surface area contributed by atoms with Gasteiger partial charge in [0.2, 0.25) is 5.91 Å². The van der Waals surface area contributed by atoms with Crippen molar-refractivity contribution in [2.24, 2.45) is 11.5 Å². The topological polar surface area (TPSA) is 72.4 Å². The maximum Gasteiger partial charge on any atom is 0.237 e. The van der Waals surface area contributed by atoms with Gasteiger partial charge in [0.05, 0.1) is 0 Å². The molecule has 0 aromatic rings. The molecular formula is C13H25N3O. The Morgan fingerprint density at radius 2 is 2.00 bits per heavy atom. The van der Waals surface area contributed by atoms with Crippen molar-refractivity contribution in [3.63, 3.8) is 0 Å². The molecule has 0 aromatic heterocycles. The standard InChI is InChI=1S/C13H25N3O/c1-2-13(12(15)17)8-3-9-16(13)11-6-4-10(14)5-7-11/h10-11H,2-9,14H2,1H3,(H2,15,17). The highest BCUT2D eigenvalue weighted by Crippen LogP contribution is 2.37. The molecule has 4 nitrogen and oxygen atoms in total. The second-order valence-corrected chi connectivity index (χ2v) is 5.61. The second kappa shape index (κ2) is 4.94. The molecule has 1 saturated heterocycles. The van der Waals surface area contributed by atoms with Crippen molar-refractivity contribution in [3.8, 4) is 0 Å². The molecular weight excluding hydrogens is 214 g/mol. The van der Waals surface area contributed by atoms with Crippen molar-refractivity contribution in [2.45, 2.75) is 69.5 Å². The minimum absolute atomic E-state index is 0.132. The monoisotopic (exact) mass is 239 g/mol. The fraction of sp³-hybridized carbons (Fsp3) is 0.923. The van der Waals surface area contributed by atoms with Crippen LogP contribution in [-0.4, -0.2) is 35.0 Å². The number of nitrogens with zero attached hydrogens (tertiary/aromatic N) is 1. The van der Waals surface area contributed by atoms with Crippen molar-refractivity contribution in [2.75, 3.05) is 6.54 Å². The van der Waals surface area contributed by atoms with E-state index < -0.39 is 0 Å². The Hall–Kier alpha value is -0.610. The summed E-state index contributed by atoms with van der Waals surface area (Å²) in [5.41, 5.74) is 11.2. The van der Waals surface area contributed by atoms with Crippen molar-refractivity contribution < 1.29 is 4.79 Å². The van der Waals surface area contributed by atoms with Gasteiger partial charge in [-0.1, -0.05) is 6.92 Å². The number of carbonyl (C=O) groups is 1. The maximum atomic E-state index is 11.8. The van der Waals surface area contributed by atoms with Crippen molar-refractivity contribution in [3.05, 3.63) is 0 Å². The first-order valence-electron chi connectivity index (χ1n) is 6.92. The van der Waals surface area contributed by atoms with Crippen molar-refractivity contribution >= 4 is 5.91 Å². The summed E-state index contributed by atoms with van der Waals surface area (Å²) < 4.78 is 0. The Bertz CT molecular complexity index is 286. The minimum Gasteiger partial charge on any atom is -0.368 e. The fourth-order valence-corrected chi connectivity index (χ4v) is 3.66. The maximum absolute atomic E-state index is 11.8. The molecule has 4 heteroatoms. The summed E-state index contributed by atoms with van der Waals surface area (Å²) in [4.78, 5) is 14.2. The van der Waals surface area contributed by atoms with Crippen LogP contribution < -0.4 is 11.5 Å². The van der Waals surface area contributed by atoms with Gasteiger partial charge in [-0.15, -0.1) is 0 Å². The van der Waals surface area contributed by atoms with Crippen LogP contribution >= 0.6 is 0 Å². The molecule has 0 aromatic carbocycles. The van der Waals surface area contributed by atoms with Crippen LogP contribution in [0.15, 0.2) is 0 Å². The molecule has 0 bridgehead atoms. The van der Waals surface area contributed by atoms with E-state index in [0.717, 1.165) is 51.5 Å². The number of likely N-dealkylation sites (tertiary alicyclic amines) is 1. The Labute approximate surface area is 104 Å². The van der Waals surface area contributed by atoms with Gasteiger partial charge in [0.25, 0.3) is 0 Å². The number of hydrogen-bond acceptors (Lipinski definition) is 3. The number of amides is 1.